The lowest BCUT2D eigenvalue weighted by molar-refractivity contribution is -0.156. The van der Waals surface area contributed by atoms with Gasteiger partial charge in [0.05, 0.1) is 5.60 Å². The molecular weight excluding hydrogens is 315 g/mol. The fourth-order valence-electron chi connectivity index (χ4n) is 8.11. The van der Waals surface area contributed by atoms with E-state index in [1.54, 1.807) is 6.92 Å². The third-order valence-electron chi connectivity index (χ3n) is 9.56. The topological polar surface area (TPSA) is 37.3 Å². The molecule has 4 rings (SSSR count). The minimum atomic E-state index is -1.06. The Balaban J connectivity index is 1.59. The van der Waals surface area contributed by atoms with Crippen LogP contribution in [0.1, 0.15) is 78.6 Å². The second kappa shape index (κ2) is 5.78. The van der Waals surface area contributed by atoms with E-state index in [1.165, 1.54) is 25.7 Å². The van der Waals surface area contributed by atoms with Crippen molar-refractivity contribution in [3.8, 4) is 0 Å². The Bertz CT molecular complexity index is 562. The van der Waals surface area contributed by atoms with Crippen molar-refractivity contribution in [2.24, 2.45) is 40.4 Å². The zero-order valence-electron chi connectivity index (χ0n) is 16.2. The summed E-state index contributed by atoms with van der Waals surface area (Å²) >= 11 is 0. The van der Waals surface area contributed by atoms with Gasteiger partial charge in [-0.15, -0.1) is 0 Å². The van der Waals surface area contributed by atoms with Gasteiger partial charge in [-0.05, 0) is 99.2 Å². The predicted octanol–water partition coefficient (Wildman–Crippen LogP) is 4.93. The maximum Gasteiger partial charge on any atom is 0.133 e. The zero-order valence-corrected chi connectivity index (χ0v) is 16.2. The Morgan fingerprint density at radius 3 is 2.40 bits per heavy atom. The first kappa shape index (κ1) is 17.9. The van der Waals surface area contributed by atoms with Gasteiger partial charge in [-0.1, -0.05) is 13.8 Å². The molecule has 2 nitrogen and oxygen atoms in total. The van der Waals surface area contributed by atoms with Crippen LogP contribution >= 0.6 is 0 Å². The first-order valence-electron chi connectivity index (χ1n) is 10.5. The molecule has 0 bridgehead atoms. The van der Waals surface area contributed by atoms with Gasteiger partial charge in [-0.2, -0.15) is 0 Å². The molecule has 0 heterocycles. The number of aliphatic hydroxyl groups is 1. The van der Waals surface area contributed by atoms with Crippen LogP contribution in [0.25, 0.3) is 0 Å². The van der Waals surface area contributed by atoms with Gasteiger partial charge in [0.2, 0.25) is 0 Å². The van der Waals surface area contributed by atoms with Gasteiger partial charge < -0.3 is 5.11 Å². The molecule has 3 unspecified atom stereocenters. The smallest absolute Gasteiger partial charge is 0.133 e. The molecule has 4 aliphatic rings. The molecule has 4 saturated carbocycles. The van der Waals surface area contributed by atoms with Crippen molar-refractivity contribution in [1.82, 2.24) is 0 Å². The molecule has 0 amide bonds. The van der Waals surface area contributed by atoms with Gasteiger partial charge >= 0.3 is 0 Å². The van der Waals surface area contributed by atoms with Crippen molar-refractivity contribution in [1.29, 1.82) is 0 Å². The first-order valence-corrected chi connectivity index (χ1v) is 10.5. The van der Waals surface area contributed by atoms with E-state index in [-0.39, 0.29) is 16.7 Å². The van der Waals surface area contributed by atoms with E-state index >= 15 is 0 Å². The van der Waals surface area contributed by atoms with E-state index in [0.717, 1.165) is 25.2 Å². The Morgan fingerprint density at radius 1 is 1.00 bits per heavy atom. The summed E-state index contributed by atoms with van der Waals surface area (Å²) in [5.41, 5.74) is -0.586. The minimum absolute atomic E-state index is 0.213. The second-order valence-corrected chi connectivity index (χ2v) is 10.5. The van der Waals surface area contributed by atoms with Crippen LogP contribution in [0.3, 0.4) is 0 Å². The van der Waals surface area contributed by atoms with Gasteiger partial charge in [0.25, 0.3) is 0 Å². The fourth-order valence-corrected chi connectivity index (χ4v) is 8.11. The van der Waals surface area contributed by atoms with Crippen LogP contribution < -0.4 is 0 Å². The molecule has 0 radical (unpaired) electrons. The average molecular weight is 351 g/mol. The van der Waals surface area contributed by atoms with Crippen molar-refractivity contribution in [3.05, 3.63) is 0 Å². The third-order valence-corrected chi connectivity index (χ3v) is 9.56. The number of carbonyl (C=O) groups excluding carboxylic acids is 1. The van der Waals surface area contributed by atoms with Crippen LogP contribution in [0.4, 0.5) is 4.39 Å². The summed E-state index contributed by atoms with van der Waals surface area (Å²) in [6.45, 7) is 6.03. The largest absolute Gasteiger partial charge is 0.387 e. The summed E-state index contributed by atoms with van der Waals surface area (Å²) in [6.07, 6.45) is 9.31. The molecule has 0 saturated heterocycles. The standard InChI is InChI=1S/C22H35FO2/c1-14(24)17-6-7-18-16-5-4-15-12-22(25,13-23)11-10-20(15,2)19(16)8-9-21(17,18)3/h15-19,25H,4-13H2,1-3H3/t15-,16?,17+,18?,19?,20-,21+,22+/m0/s1. The maximum absolute atomic E-state index is 13.3. The number of alkyl halides is 1. The molecule has 0 aromatic rings. The van der Waals surface area contributed by atoms with E-state index in [9.17, 15) is 14.3 Å². The van der Waals surface area contributed by atoms with E-state index in [0.29, 0.717) is 36.4 Å². The maximum atomic E-state index is 13.3. The molecule has 0 aliphatic heterocycles. The molecule has 0 spiro atoms. The Kier molecular flexibility index (Phi) is 4.15. The lowest BCUT2D eigenvalue weighted by Crippen LogP contribution is -2.56. The Hall–Kier alpha value is -0.440. The molecule has 0 aromatic heterocycles. The molecule has 25 heavy (non-hydrogen) atoms. The van der Waals surface area contributed by atoms with Crippen molar-refractivity contribution in [3.63, 3.8) is 0 Å². The molecule has 8 atom stereocenters. The predicted molar refractivity (Wildman–Crippen MR) is 96.8 cm³/mol. The number of carbonyl (C=O) groups is 1. The highest BCUT2D eigenvalue weighted by molar-refractivity contribution is 5.79. The summed E-state index contributed by atoms with van der Waals surface area (Å²) in [5, 5.41) is 10.5. The Morgan fingerprint density at radius 2 is 1.72 bits per heavy atom. The average Bonchev–Trinajstić information content (AvgIpc) is 2.93. The van der Waals surface area contributed by atoms with Crippen LogP contribution in [0, 0.1) is 40.4 Å². The van der Waals surface area contributed by atoms with Crippen LogP contribution in [0.15, 0.2) is 0 Å². The quantitative estimate of drug-likeness (QED) is 0.766. The van der Waals surface area contributed by atoms with Crippen molar-refractivity contribution < 1.29 is 14.3 Å². The molecule has 1 N–H and O–H groups in total. The number of ketones is 1. The van der Waals surface area contributed by atoms with Crippen LogP contribution in [-0.2, 0) is 4.79 Å². The number of hydrogen-bond donors (Lipinski definition) is 1. The van der Waals surface area contributed by atoms with Gasteiger partial charge in [-0.3, -0.25) is 4.79 Å². The van der Waals surface area contributed by atoms with Gasteiger partial charge in [0, 0.05) is 5.92 Å². The van der Waals surface area contributed by atoms with E-state index in [1.807, 2.05) is 0 Å². The lowest BCUT2D eigenvalue weighted by Gasteiger charge is -2.61. The lowest BCUT2D eigenvalue weighted by atomic mass is 9.44. The summed E-state index contributed by atoms with van der Waals surface area (Å²) in [7, 11) is 0. The summed E-state index contributed by atoms with van der Waals surface area (Å²) in [6, 6.07) is 0. The highest BCUT2D eigenvalue weighted by Gasteiger charge is 2.61. The Labute approximate surface area is 152 Å². The number of rotatable bonds is 2. The molecule has 4 aliphatic carbocycles. The van der Waals surface area contributed by atoms with Crippen molar-refractivity contribution in [2.75, 3.05) is 6.67 Å². The molecule has 0 aromatic carbocycles. The first-order chi connectivity index (χ1) is 11.7. The number of hydrogen-bond acceptors (Lipinski definition) is 2. The zero-order chi connectivity index (χ0) is 18.0. The van der Waals surface area contributed by atoms with E-state index in [2.05, 4.69) is 13.8 Å². The molecule has 3 heteroatoms. The summed E-state index contributed by atoms with van der Waals surface area (Å²) in [4.78, 5) is 12.2. The number of halogens is 1. The van der Waals surface area contributed by atoms with E-state index in [4.69, 9.17) is 0 Å². The highest BCUT2D eigenvalue weighted by atomic mass is 19.1. The third kappa shape index (κ3) is 2.47. The van der Waals surface area contributed by atoms with Crippen molar-refractivity contribution in [2.45, 2.75) is 84.2 Å². The monoisotopic (exact) mass is 350 g/mol. The second-order valence-electron chi connectivity index (χ2n) is 10.5. The molecular formula is C22H35FO2. The van der Waals surface area contributed by atoms with Gasteiger partial charge in [-0.25, -0.2) is 4.39 Å². The van der Waals surface area contributed by atoms with Crippen LogP contribution in [0.5, 0.6) is 0 Å². The summed E-state index contributed by atoms with van der Waals surface area (Å²) < 4.78 is 13.3. The van der Waals surface area contributed by atoms with Crippen molar-refractivity contribution >= 4 is 5.78 Å². The molecule has 4 fully saturated rings. The normalized spacial score (nSPS) is 55.2. The summed E-state index contributed by atoms with van der Waals surface area (Å²) in [5.74, 6) is 3.28. The fraction of sp³-hybridized carbons (Fsp3) is 0.955. The SMILES string of the molecule is CC(=O)[C@H]1CCC2C3CC[C@H]4C[C@@](O)(CF)CC[C@]4(C)C3CC[C@@]21C. The minimum Gasteiger partial charge on any atom is -0.387 e. The van der Waals surface area contributed by atoms with Gasteiger partial charge in [0.1, 0.15) is 12.5 Å². The number of fused-ring (bicyclic) bond motifs is 5. The van der Waals surface area contributed by atoms with Crippen LogP contribution in [-0.4, -0.2) is 23.2 Å². The van der Waals surface area contributed by atoms with Crippen LogP contribution in [0.2, 0.25) is 0 Å². The van der Waals surface area contributed by atoms with E-state index < -0.39 is 12.3 Å². The van der Waals surface area contributed by atoms with Gasteiger partial charge in [0.15, 0.2) is 0 Å². The number of Topliss-reactive ketones (excluding diaryl/α,β-unsaturated/α-hetero) is 1. The molecule has 142 valence electrons. The highest BCUT2D eigenvalue weighted by Crippen LogP contribution is 2.68.